The lowest BCUT2D eigenvalue weighted by Gasteiger charge is -2.17. The lowest BCUT2D eigenvalue weighted by molar-refractivity contribution is 0.551. The van der Waals surface area contributed by atoms with E-state index >= 15 is 0 Å². The molecule has 0 N–H and O–H groups in total. The molecule has 2 rings (SSSR count). The van der Waals surface area contributed by atoms with E-state index in [1.807, 2.05) is 48.9 Å². The molecule has 0 bridgehead atoms. The Bertz CT molecular complexity index is 499. The quantitative estimate of drug-likeness (QED) is 0.755. The van der Waals surface area contributed by atoms with Gasteiger partial charge >= 0.3 is 6.41 Å². The molecule has 2 nitrogen and oxygen atoms in total. The van der Waals surface area contributed by atoms with Gasteiger partial charge in [-0.25, -0.2) is 0 Å². The second kappa shape index (κ2) is 5.51. The Morgan fingerprint density at radius 2 is 1.65 bits per heavy atom. The molecule has 0 aliphatic carbocycles. The van der Waals surface area contributed by atoms with Crippen molar-refractivity contribution in [2.24, 2.45) is 0 Å². The Hall–Kier alpha value is -1.80. The van der Waals surface area contributed by atoms with E-state index in [4.69, 9.17) is 11.6 Å². The number of rotatable bonds is 4. The summed E-state index contributed by atoms with van der Waals surface area (Å²) in [5.74, 6) is 0. The van der Waals surface area contributed by atoms with Crippen LogP contribution in [0.25, 0.3) is 0 Å². The number of amides is 1. The van der Waals surface area contributed by atoms with Crippen molar-refractivity contribution < 1.29 is 4.79 Å². The number of para-hydroxylation sites is 1. The van der Waals surface area contributed by atoms with Gasteiger partial charge in [-0.1, -0.05) is 54.1 Å². The molecule has 2 aromatic rings. The second-order valence-corrected chi connectivity index (χ2v) is 4.02. The Labute approximate surface area is 105 Å². The first-order valence-corrected chi connectivity index (χ1v) is 5.63. The van der Waals surface area contributed by atoms with Crippen LogP contribution in [0.5, 0.6) is 0 Å². The Morgan fingerprint density at radius 1 is 1.00 bits per heavy atom. The van der Waals surface area contributed by atoms with Gasteiger partial charge in [-0.2, -0.15) is 0 Å². The summed E-state index contributed by atoms with van der Waals surface area (Å²) >= 11 is 6.04. The third kappa shape index (κ3) is 2.86. The maximum absolute atomic E-state index is 11.0. The summed E-state index contributed by atoms with van der Waals surface area (Å²) in [4.78, 5) is 12.5. The fourth-order valence-corrected chi connectivity index (χ4v) is 1.84. The van der Waals surface area contributed by atoms with Crippen molar-refractivity contribution in [1.29, 1.82) is 0 Å². The van der Waals surface area contributed by atoms with Gasteiger partial charge in [0.1, 0.15) is 0 Å². The number of anilines is 1. The van der Waals surface area contributed by atoms with Gasteiger partial charge in [-0.05, 0) is 17.7 Å². The van der Waals surface area contributed by atoms with Crippen LogP contribution in [0.4, 0.5) is 5.69 Å². The first-order valence-electron chi connectivity index (χ1n) is 5.25. The van der Waals surface area contributed by atoms with Gasteiger partial charge in [0.05, 0.1) is 17.3 Å². The lowest BCUT2D eigenvalue weighted by atomic mass is 10.2. The predicted octanol–water partition coefficient (Wildman–Crippen LogP) is 3.41. The Morgan fingerprint density at radius 3 is 2.29 bits per heavy atom. The van der Waals surface area contributed by atoms with Crippen molar-refractivity contribution in [3.05, 3.63) is 65.2 Å². The van der Waals surface area contributed by atoms with Crippen LogP contribution in [0, 0.1) is 0 Å². The highest BCUT2D eigenvalue weighted by molar-refractivity contribution is 6.33. The van der Waals surface area contributed by atoms with E-state index in [0.717, 1.165) is 5.56 Å². The molecular weight excluding hydrogens is 234 g/mol. The van der Waals surface area contributed by atoms with Crippen molar-refractivity contribution >= 4 is 23.7 Å². The summed E-state index contributed by atoms with van der Waals surface area (Å²) in [6, 6.07) is 17.0. The van der Waals surface area contributed by atoms with E-state index in [1.165, 1.54) is 4.90 Å². The van der Waals surface area contributed by atoms with Crippen molar-refractivity contribution in [2.45, 2.75) is 6.54 Å². The van der Waals surface area contributed by atoms with E-state index in [1.54, 1.807) is 12.1 Å². The van der Waals surface area contributed by atoms with Crippen molar-refractivity contribution in [3.8, 4) is 0 Å². The number of hydrogen-bond acceptors (Lipinski definition) is 1. The zero-order chi connectivity index (χ0) is 12.1. The van der Waals surface area contributed by atoms with Gasteiger partial charge in [0.25, 0.3) is 0 Å². The number of nitrogens with zero attached hydrogens (tertiary/aromatic N) is 1. The first-order chi connectivity index (χ1) is 8.31. The second-order valence-electron chi connectivity index (χ2n) is 3.61. The minimum atomic E-state index is 0.466. The van der Waals surface area contributed by atoms with Gasteiger partial charge in [0, 0.05) is 0 Å². The van der Waals surface area contributed by atoms with Gasteiger partial charge in [-0.15, -0.1) is 0 Å². The number of hydrogen-bond donors (Lipinski definition) is 0. The third-order valence-corrected chi connectivity index (χ3v) is 2.76. The van der Waals surface area contributed by atoms with Crippen molar-refractivity contribution in [1.82, 2.24) is 0 Å². The van der Waals surface area contributed by atoms with E-state index < -0.39 is 0 Å². The van der Waals surface area contributed by atoms with Crippen LogP contribution in [0.1, 0.15) is 5.56 Å². The normalized spacial score (nSPS) is 9.94. The molecule has 0 heterocycles. The lowest BCUT2D eigenvalue weighted by Crippen LogP contribution is -2.20. The van der Waals surface area contributed by atoms with E-state index in [-0.39, 0.29) is 0 Å². The first kappa shape index (κ1) is 11.7. The molecule has 0 aliphatic heterocycles. The molecule has 0 unspecified atom stereocenters. The van der Waals surface area contributed by atoms with Crippen LogP contribution in [0.15, 0.2) is 54.6 Å². The number of carbonyl (C=O) groups excluding carboxylic acids is 1. The molecule has 0 aliphatic rings. The van der Waals surface area contributed by atoms with Gasteiger partial charge in [0.2, 0.25) is 0 Å². The predicted molar refractivity (Wildman–Crippen MR) is 69.8 cm³/mol. The Balaban J connectivity index is 2.24. The van der Waals surface area contributed by atoms with E-state index in [2.05, 4.69) is 0 Å². The fraction of sp³-hybridized carbons (Fsp3) is 0.0714. The number of halogens is 1. The molecule has 3 heteroatoms. The molecule has 0 saturated heterocycles. The van der Waals surface area contributed by atoms with Gasteiger partial charge in [0.15, 0.2) is 0 Å². The van der Waals surface area contributed by atoms with Crippen LogP contribution in [-0.2, 0) is 11.3 Å². The molecule has 0 spiro atoms. The molecule has 0 saturated carbocycles. The van der Waals surface area contributed by atoms with Crippen LogP contribution in [0.2, 0.25) is 5.02 Å². The summed E-state index contributed by atoms with van der Waals surface area (Å²) in [6.45, 7) is 0.466. The molecule has 0 atom stereocenters. The highest BCUT2D eigenvalue weighted by Gasteiger charge is 2.10. The third-order valence-electron chi connectivity index (χ3n) is 2.44. The molecule has 1 radical (unpaired) electrons. The fourth-order valence-electron chi connectivity index (χ4n) is 1.60. The minimum Gasteiger partial charge on any atom is -0.298 e. The molecule has 1 amide bonds. The largest absolute Gasteiger partial charge is 0.317 e. The molecule has 2 aromatic carbocycles. The topological polar surface area (TPSA) is 20.3 Å². The van der Waals surface area contributed by atoms with Crippen LogP contribution < -0.4 is 4.90 Å². The average Bonchev–Trinajstić information content (AvgIpc) is 2.38. The van der Waals surface area contributed by atoms with Crippen LogP contribution in [0.3, 0.4) is 0 Å². The van der Waals surface area contributed by atoms with Crippen molar-refractivity contribution in [3.63, 3.8) is 0 Å². The summed E-state index contributed by atoms with van der Waals surface area (Å²) in [6.07, 6.45) is 1.91. The van der Waals surface area contributed by atoms with Gasteiger partial charge in [-0.3, -0.25) is 9.69 Å². The standard InChI is InChI=1S/C14H11ClNO/c15-13-8-4-5-9-14(13)16(11-17)10-12-6-2-1-3-7-12/h1-9H,10H2. The summed E-state index contributed by atoms with van der Waals surface area (Å²) in [7, 11) is 0. The molecule has 0 aromatic heterocycles. The smallest absolute Gasteiger partial charge is 0.298 e. The maximum Gasteiger partial charge on any atom is 0.317 e. The zero-order valence-corrected chi connectivity index (χ0v) is 9.89. The Kier molecular flexibility index (Phi) is 3.78. The summed E-state index contributed by atoms with van der Waals surface area (Å²) < 4.78 is 0. The maximum atomic E-state index is 11.0. The summed E-state index contributed by atoms with van der Waals surface area (Å²) in [5.41, 5.74) is 1.71. The van der Waals surface area contributed by atoms with Crippen LogP contribution >= 0.6 is 11.6 Å². The summed E-state index contributed by atoms with van der Waals surface area (Å²) in [5, 5.41) is 0.548. The molecule has 0 fully saturated rings. The number of benzene rings is 2. The van der Waals surface area contributed by atoms with Crippen molar-refractivity contribution in [2.75, 3.05) is 4.90 Å². The van der Waals surface area contributed by atoms with E-state index in [9.17, 15) is 4.79 Å². The molecule has 17 heavy (non-hydrogen) atoms. The molecular formula is C14H11ClNO. The SMILES string of the molecule is O=[C]N(Cc1ccccc1)c1ccccc1Cl. The average molecular weight is 245 g/mol. The monoisotopic (exact) mass is 244 g/mol. The van der Waals surface area contributed by atoms with E-state index in [0.29, 0.717) is 17.3 Å². The highest BCUT2D eigenvalue weighted by Crippen LogP contribution is 2.25. The minimum absolute atomic E-state index is 0.466. The molecule has 85 valence electrons. The van der Waals surface area contributed by atoms with Gasteiger partial charge < -0.3 is 0 Å². The van der Waals surface area contributed by atoms with Crippen LogP contribution in [-0.4, -0.2) is 6.41 Å². The zero-order valence-electron chi connectivity index (χ0n) is 9.14. The highest BCUT2D eigenvalue weighted by atomic mass is 35.5.